The van der Waals surface area contributed by atoms with E-state index in [-0.39, 0.29) is 5.91 Å². The second-order valence-electron chi connectivity index (χ2n) is 6.52. The third-order valence-corrected chi connectivity index (χ3v) is 4.61. The number of para-hydroxylation sites is 2. The number of amides is 1. The lowest BCUT2D eigenvalue weighted by Crippen LogP contribution is -2.32. The Kier molecular flexibility index (Phi) is 7.40. The predicted octanol–water partition coefficient (Wildman–Crippen LogP) is 3.83. The summed E-state index contributed by atoms with van der Waals surface area (Å²) in [7, 11) is 0. The summed E-state index contributed by atoms with van der Waals surface area (Å²) < 4.78 is 5.78. The quantitative estimate of drug-likeness (QED) is 0.716. The van der Waals surface area contributed by atoms with Gasteiger partial charge in [0.2, 0.25) is 5.91 Å². The fraction of sp³-hybridized carbons (Fsp3) is 0.632. The molecule has 0 aliphatic carbocycles. The zero-order valence-corrected chi connectivity index (χ0v) is 14.4. The van der Waals surface area contributed by atoms with Crippen LogP contribution in [-0.2, 0) is 4.79 Å². The number of benzene rings is 1. The van der Waals surface area contributed by atoms with Crippen molar-refractivity contribution in [3.8, 4) is 5.75 Å². The van der Waals surface area contributed by atoms with Crippen LogP contribution in [0.2, 0.25) is 0 Å². The van der Waals surface area contributed by atoms with Crippen molar-refractivity contribution in [1.82, 2.24) is 5.32 Å². The van der Waals surface area contributed by atoms with E-state index in [1.165, 1.54) is 12.8 Å². The highest BCUT2D eigenvalue weighted by molar-refractivity contribution is 5.92. The van der Waals surface area contributed by atoms with Crippen LogP contribution in [-0.4, -0.2) is 25.6 Å². The molecule has 1 amide bonds. The van der Waals surface area contributed by atoms with E-state index in [9.17, 15) is 4.79 Å². The molecule has 4 nitrogen and oxygen atoms in total. The molecule has 4 heteroatoms. The molecule has 2 N–H and O–H groups in total. The molecule has 0 bridgehead atoms. The van der Waals surface area contributed by atoms with Crippen LogP contribution in [0, 0.1) is 11.8 Å². The van der Waals surface area contributed by atoms with Crippen LogP contribution in [0.5, 0.6) is 5.75 Å². The van der Waals surface area contributed by atoms with E-state index < -0.39 is 0 Å². The van der Waals surface area contributed by atoms with Crippen LogP contribution in [0.25, 0.3) is 0 Å². The van der Waals surface area contributed by atoms with Crippen molar-refractivity contribution in [3.63, 3.8) is 0 Å². The largest absolute Gasteiger partial charge is 0.491 e. The highest BCUT2D eigenvalue weighted by Crippen LogP contribution is 2.27. The maximum Gasteiger partial charge on any atom is 0.224 e. The van der Waals surface area contributed by atoms with Crippen molar-refractivity contribution in [2.45, 2.75) is 46.0 Å². The van der Waals surface area contributed by atoms with Crippen molar-refractivity contribution < 1.29 is 9.53 Å². The van der Waals surface area contributed by atoms with Crippen molar-refractivity contribution in [2.24, 2.45) is 11.8 Å². The zero-order chi connectivity index (χ0) is 16.5. The van der Waals surface area contributed by atoms with E-state index in [1.54, 1.807) is 0 Å². The first-order valence-electron chi connectivity index (χ1n) is 8.93. The molecule has 0 saturated carbocycles. The molecule has 0 radical (unpaired) electrons. The van der Waals surface area contributed by atoms with Gasteiger partial charge < -0.3 is 15.4 Å². The van der Waals surface area contributed by atoms with Crippen LogP contribution in [0.4, 0.5) is 5.69 Å². The Bertz CT molecular complexity index is 484. The first kappa shape index (κ1) is 17.8. The second kappa shape index (κ2) is 9.56. The Labute approximate surface area is 140 Å². The van der Waals surface area contributed by atoms with Gasteiger partial charge in [0, 0.05) is 6.42 Å². The molecule has 1 saturated heterocycles. The van der Waals surface area contributed by atoms with Gasteiger partial charge in [-0.15, -0.1) is 0 Å². The molecule has 1 aromatic rings. The van der Waals surface area contributed by atoms with Gasteiger partial charge in [0.25, 0.3) is 0 Å². The van der Waals surface area contributed by atoms with E-state index >= 15 is 0 Å². The van der Waals surface area contributed by atoms with Crippen molar-refractivity contribution in [2.75, 3.05) is 25.0 Å². The average molecular weight is 318 g/mol. The number of hydrogen-bond donors (Lipinski definition) is 2. The molecule has 1 fully saturated rings. The summed E-state index contributed by atoms with van der Waals surface area (Å²) >= 11 is 0. The lowest BCUT2D eigenvalue weighted by molar-refractivity contribution is -0.117. The molecule has 1 atom stereocenters. The number of anilines is 1. The maximum absolute atomic E-state index is 12.4. The number of carbonyl (C=O) groups excluding carboxylic acids is 1. The van der Waals surface area contributed by atoms with Crippen LogP contribution in [0.3, 0.4) is 0 Å². The van der Waals surface area contributed by atoms with Gasteiger partial charge in [-0.25, -0.2) is 0 Å². The number of unbranched alkanes of at least 4 members (excludes halogenated alkanes) is 1. The Hall–Kier alpha value is -1.55. The molecule has 2 rings (SSSR count). The van der Waals surface area contributed by atoms with Crippen LogP contribution in [0.1, 0.15) is 46.0 Å². The normalized spacial score (nSPS) is 16.8. The van der Waals surface area contributed by atoms with Crippen LogP contribution in [0.15, 0.2) is 24.3 Å². The summed E-state index contributed by atoms with van der Waals surface area (Å²) in [4.78, 5) is 12.4. The molecule has 1 aliphatic rings. The van der Waals surface area contributed by atoms with Gasteiger partial charge in [-0.3, -0.25) is 4.79 Å². The predicted molar refractivity (Wildman–Crippen MR) is 94.8 cm³/mol. The Morgan fingerprint density at radius 3 is 2.83 bits per heavy atom. The summed E-state index contributed by atoms with van der Waals surface area (Å²) in [5.41, 5.74) is 0.783. The summed E-state index contributed by atoms with van der Waals surface area (Å²) in [6, 6.07) is 7.70. The number of ether oxygens (including phenoxy) is 1. The number of carbonyl (C=O) groups is 1. The van der Waals surface area contributed by atoms with E-state index in [1.807, 2.05) is 24.3 Å². The van der Waals surface area contributed by atoms with Gasteiger partial charge >= 0.3 is 0 Å². The van der Waals surface area contributed by atoms with Crippen LogP contribution < -0.4 is 15.4 Å². The molecular formula is C19H30N2O2. The minimum Gasteiger partial charge on any atom is -0.491 e. The third kappa shape index (κ3) is 5.87. The topological polar surface area (TPSA) is 50.4 Å². The molecule has 1 unspecified atom stereocenters. The lowest BCUT2D eigenvalue weighted by Gasteiger charge is -2.28. The third-order valence-electron chi connectivity index (χ3n) is 4.61. The van der Waals surface area contributed by atoms with E-state index in [0.717, 1.165) is 37.4 Å². The standard InChI is InChI=1S/C19H30N2O2/c1-3-4-13-23-18-8-6-5-7-17(18)21-19(22)14-15(2)16-9-11-20-12-10-16/h5-8,15-16,20H,3-4,9-14H2,1-2H3,(H,21,22). The molecule has 0 aromatic heterocycles. The van der Waals surface area contributed by atoms with Gasteiger partial charge in [-0.2, -0.15) is 0 Å². The van der Waals surface area contributed by atoms with E-state index in [0.29, 0.717) is 24.9 Å². The van der Waals surface area contributed by atoms with E-state index in [2.05, 4.69) is 24.5 Å². The smallest absolute Gasteiger partial charge is 0.224 e. The molecule has 128 valence electrons. The van der Waals surface area contributed by atoms with Crippen molar-refractivity contribution in [1.29, 1.82) is 0 Å². The van der Waals surface area contributed by atoms with Gasteiger partial charge in [-0.1, -0.05) is 32.4 Å². The van der Waals surface area contributed by atoms with Crippen LogP contribution >= 0.6 is 0 Å². The molecule has 1 aromatic carbocycles. The highest BCUT2D eigenvalue weighted by atomic mass is 16.5. The Morgan fingerprint density at radius 2 is 2.09 bits per heavy atom. The van der Waals surface area contributed by atoms with E-state index in [4.69, 9.17) is 4.74 Å². The van der Waals surface area contributed by atoms with Crippen molar-refractivity contribution >= 4 is 11.6 Å². The minimum atomic E-state index is 0.0857. The molecule has 1 aliphatic heterocycles. The highest BCUT2D eigenvalue weighted by Gasteiger charge is 2.22. The first-order valence-corrected chi connectivity index (χ1v) is 8.93. The molecular weight excluding hydrogens is 288 g/mol. The van der Waals surface area contributed by atoms with Gasteiger partial charge in [-0.05, 0) is 56.3 Å². The average Bonchev–Trinajstić information content (AvgIpc) is 2.57. The lowest BCUT2D eigenvalue weighted by atomic mass is 9.84. The van der Waals surface area contributed by atoms with Gasteiger partial charge in [0.1, 0.15) is 5.75 Å². The summed E-state index contributed by atoms with van der Waals surface area (Å²) in [5, 5.41) is 6.41. The summed E-state index contributed by atoms with van der Waals surface area (Å²) in [5.74, 6) is 1.93. The zero-order valence-electron chi connectivity index (χ0n) is 14.4. The number of nitrogens with one attached hydrogen (secondary N) is 2. The number of hydrogen-bond acceptors (Lipinski definition) is 3. The minimum absolute atomic E-state index is 0.0857. The molecule has 0 spiro atoms. The fourth-order valence-electron chi connectivity index (χ4n) is 3.10. The number of piperidine rings is 1. The molecule has 1 heterocycles. The first-order chi connectivity index (χ1) is 11.2. The second-order valence-corrected chi connectivity index (χ2v) is 6.52. The fourth-order valence-corrected chi connectivity index (χ4v) is 3.10. The Morgan fingerprint density at radius 1 is 1.35 bits per heavy atom. The summed E-state index contributed by atoms with van der Waals surface area (Å²) in [6.45, 7) is 7.17. The monoisotopic (exact) mass is 318 g/mol. The van der Waals surface area contributed by atoms with Gasteiger partial charge in [0.05, 0.1) is 12.3 Å². The summed E-state index contributed by atoms with van der Waals surface area (Å²) in [6.07, 6.45) is 5.04. The number of rotatable bonds is 8. The molecule has 23 heavy (non-hydrogen) atoms. The van der Waals surface area contributed by atoms with Gasteiger partial charge in [0.15, 0.2) is 0 Å². The Balaban J connectivity index is 1.86. The SMILES string of the molecule is CCCCOc1ccccc1NC(=O)CC(C)C1CCNCC1. The van der Waals surface area contributed by atoms with Crippen molar-refractivity contribution in [3.05, 3.63) is 24.3 Å². The maximum atomic E-state index is 12.4.